The number of carbonyl (C=O) groups is 5. The van der Waals surface area contributed by atoms with Gasteiger partial charge in [-0.15, -0.1) is 0 Å². The first kappa shape index (κ1) is 46.6. The highest BCUT2D eigenvalue weighted by Gasteiger charge is 2.39. The van der Waals surface area contributed by atoms with Crippen molar-refractivity contribution in [2.24, 2.45) is 12.8 Å². The smallest absolute Gasteiger partial charge is 0.272 e. The molecule has 0 aliphatic carbocycles. The summed E-state index contributed by atoms with van der Waals surface area (Å²) in [6, 6.07) is 14.5. The van der Waals surface area contributed by atoms with Crippen molar-refractivity contribution in [3.8, 4) is 0 Å². The molecule has 0 bridgehead atoms. The van der Waals surface area contributed by atoms with Gasteiger partial charge < -0.3 is 26.2 Å². The Balaban J connectivity index is 0.686. The molecule has 8 rings (SSSR count). The van der Waals surface area contributed by atoms with E-state index in [2.05, 4.69) is 53.8 Å². The third kappa shape index (κ3) is 11.9. The van der Waals surface area contributed by atoms with E-state index in [1.165, 1.54) is 22.2 Å². The Labute approximate surface area is 390 Å². The number of rotatable bonds is 18. The second-order valence-corrected chi connectivity index (χ2v) is 19.4. The maximum Gasteiger partial charge on any atom is 0.272 e. The van der Waals surface area contributed by atoms with E-state index >= 15 is 0 Å². The average molecular weight is 916 g/mol. The molecule has 4 aromatic rings. The molecule has 4 aliphatic heterocycles. The Morgan fingerprint density at radius 2 is 1.74 bits per heavy atom. The first-order valence-corrected chi connectivity index (χ1v) is 24.1. The molecule has 4 aliphatic rings. The minimum absolute atomic E-state index is 0.0367. The fourth-order valence-corrected chi connectivity index (χ4v) is 9.90. The molecule has 66 heavy (non-hydrogen) atoms. The quantitative estimate of drug-likeness (QED) is 0.0689. The molecule has 5 N–H and O–H groups in total. The van der Waals surface area contributed by atoms with Gasteiger partial charge in [0.1, 0.15) is 16.9 Å². The van der Waals surface area contributed by atoms with Crippen molar-refractivity contribution >= 4 is 58.4 Å². The standard InChI is InChI=1S/C49H61N11O5S/c1-49(50)19-24-59(25-20-49)42-30-52-45(31-51-42)66-37-11-9-10-36(27-37)54-43(61)12-7-5-3-4-6-8-21-58-22-17-34(18-23-58)41-28-39(56-57(41)2)46(63)53-29-33-13-14-38-35(26-33)32-60(48(38)65)40-15-16-44(62)55-47(40)64/h9-11,13-14,17,26-28,30-31,40H,3-8,12,15-16,18-25,29,32,50H2,1-2H3,(H,53,63)(H,54,61)(H,55,62,64). The van der Waals surface area contributed by atoms with Crippen LogP contribution in [0.1, 0.15) is 122 Å². The van der Waals surface area contributed by atoms with E-state index in [0.717, 1.165) is 129 Å². The zero-order valence-electron chi connectivity index (χ0n) is 38.0. The number of fused-ring (bicyclic) bond motifs is 1. The number of piperidine rings is 2. The van der Waals surface area contributed by atoms with Gasteiger partial charge in [0, 0.05) is 80.8 Å². The van der Waals surface area contributed by atoms with Crippen molar-refractivity contribution in [3.05, 3.63) is 95.1 Å². The van der Waals surface area contributed by atoms with Gasteiger partial charge in [-0.25, -0.2) is 9.97 Å². The van der Waals surface area contributed by atoms with E-state index in [9.17, 15) is 24.0 Å². The molecule has 17 heteroatoms. The van der Waals surface area contributed by atoms with Crippen LogP contribution in [-0.4, -0.2) is 103 Å². The molecule has 2 aromatic heterocycles. The number of nitrogens with zero attached hydrogens (tertiary/aromatic N) is 7. The summed E-state index contributed by atoms with van der Waals surface area (Å²) >= 11 is 1.53. The van der Waals surface area contributed by atoms with Crippen LogP contribution in [0.3, 0.4) is 0 Å². The van der Waals surface area contributed by atoms with Crippen LogP contribution in [0, 0.1) is 0 Å². The zero-order chi connectivity index (χ0) is 46.2. The van der Waals surface area contributed by atoms with Gasteiger partial charge in [-0.05, 0) is 99.0 Å². The summed E-state index contributed by atoms with van der Waals surface area (Å²) in [6.07, 6.45) is 16.1. The van der Waals surface area contributed by atoms with Crippen molar-refractivity contribution < 1.29 is 24.0 Å². The SMILES string of the molecule is Cn1nc(C(=O)NCc2ccc3c(c2)CN(C2CCC(=O)NC2=O)C3=O)cc1C1=CCN(CCCCCCCCC(=O)Nc2cccc(Sc3cnc(N4CCC(C)(N)CC4)cn3)c2)CC1. The lowest BCUT2D eigenvalue weighted by Crippen LogP contribution is -2.52. The van der Waals surface area contributed by atoms with Crippen LogP contribution in [0.5, 0.6) is 0 Å². The number of aryl methyl sites for hydroxylation is 1. The number of hydrogen-bond acceptors (Lipinski definition) is 12. The van der Waals surface area contributed by atoms with E-state index in [0.29, 0.717) is 24.1 Å². The third-order valence-corrected chi connectivity index (χ3v) is 14.0. The van der Waals surface area contributed by atoms with Gasteiger partial charge in [0.25, 0.3) is 11.8 Å². The number of amides is 5. The number of unbranched alkanes of at least 4 members (excludes halogenated alkanes) is 5. The molecule has 6 heterocycles. The lowest BCUT2D eigenvalue weighted by molar-refractivity contribution is -0.137. The van der Waals surface area contributed by atoms with Gasteiger partial charge >= 0.3 is 0 Å². The zero-order valence-corrected chi connectivity index (χ0v) is 38.8. The topological polar surface area (TPSA) is 201 Å². The summed E-state index contributed by atoms with van der Waals surface area (Å²) in [7, 11) is 1.86. The number of aromatic nitrogens is 4. The molecule has 1 atom stereocenters. The Morgan fingerprint density at radius 1 is 0.939 bits per heavy atom. The number of anilines is 2. The molecule has 0 spiro atoms. The second kappa shape index (κ2) is 21.2. The predicted molar refractivity (Wildman–Crippen MR) is 253 cm³/mol. The van der Waals surface area contributed by atoms with Crippen LogP contribution in [0.2, 0.25) is 0 Å². The molecule has 2 aromatic carbocycles. The highest BCUT2D eigenvalue weighted by Crippen LogP contribution is 2.31. The van der Waals surface area contributed by atoms with Crippen molar-refractivity contribution in [1.29, 1.82) is 0 Å². The highest BCUT2D eigenvalue weighted by atomic mass is 32.2. The minimum atomic E-state index is -0.669. The summed E-state index contributed by atoms with van der Waals surface area (Å²) < 4.78 is 1.77. The highest BCUT2D eigenvalue weighted by molar-refractivity contribution is 7.99. The van der Waals surface area contributed by atoms with Gasteiger partial charge in [-0.2, -0.15) is 5.10 Å². The van der Waals surface area contributed by atoms with E-state index in [-0.39, 0.29) is 48.7 Å². The lowest BCUT2D eigenvalue weighted by Gasteiger charge is -2.37. The minimum Gasteiger partial charge on any atom is -0.355 e. The summed E-state index contributed by atoms with van der Waals surface area (Å²) in [5.74, 6) is -0.346. The number of carbonyl (C=O) groups excluding carboxylic acids is 5. The Kier molecular flexibility index (Phi) is 14.9. The Morgan fingerprint density at radius 3 is 2.50 bits per heavy atom. The number of nitrogens with one attached hydrogen (secondary N) is 3. The Bertz CT molecular complexity index is 2460. The molecule has 1 unspecified atom stereocenters. The Hall–Kier alpha value is -5.91. The van der Waals surface area contributed by atoms with Crippen molar-refractivity contribution in [1.82, 2.24) is 40.2 Å². The van der Waals surface area contributed by atoms with Gasteiger partial charge in [0.2, 0.25) is 17.7 Å². The van der Waals surface area contributed by atoms with Crippen LogP contribution in [0.25, 0.3) is 5.57 Å². The summed E-state index contributed by atoms with van der Waals surface area (Å²) in [5, 5.41) is 13.7. The molecule has 2 fully saturated rings. The summed E-state index contributed by atoms with van der Waals surface area (Å²) in [6.45, 7) is 7.26. The number of benzene rings is 2. The first-order valence-electron chi connectivity index (χ1n) is 23.3. The molecule has 0 saturated carbocycles. The van der Waals surface area contributed by atoms with Gasteiger partial charge in [0.05, 0.1) is 18.1 Å². The second-order valence-electron chi connectivity index (χ2n) is 18.3. The van der Waals surface area contributed by atoms with Gasteiger partial charge in [-0.3, -0.25) is 38.9 Å². The van der Waals surface area contributed by atoms with Gasteiger partial charge in [0.15, 0.2) is 5.69 Å². The maximum atomic E-state index is 13.2. The monoisotopic (exact) mass is 915 g/mol. The van der Waals surface area contributed by atoms with Crippen LogP contribution >= 0.6 is 11.8 Å². The molecule has 16 nitrogen and oxygen atoms in total. The molecular weight excluding hydrogens is 855 g/mol. The van der Waals surface area contributed by atoms with E-state index in [1.54, 1.807) is 10.7 Å². The number of hydrogen-bond donors (Lipinski definition) is 4. The van der Waals surface area contributed by atoms with Crippen LogP contribution in [-0.2, 0) is 34.5 Å². The van der Waals surface area contributed by atoms with Crippen LogP contribution in [0.15, 0.2) is 76.9 Å². The number of nitrogens with two attached hydrogens (primary N) is 1. The van der Waals surface area contributed by atoms with E-state index in [1.807, 2.05) is 61.9 Å². The molecule has 2 saturated heterocycles. The summed E-state index contributed by atoms with van der Waals surface area (Å²) in [4.78, 5) is 79.5. The largest absolute Gasteiger partial charge is 0.355 e. The lowest BCUT2D eigenvalue weighted by atomic mass is 9.91. The molecular formula is C49H61N11O5S. The molecule has 0 radical (unpaired) electrons. The van der Waals surface area contributed by atoms with Crippen molar-refractivity contribution in [2.75, 3.05) is 42.9 Å². The molecule has 5 amide bonds. The average Bonchev–Trinajstić information content (AvgIpc) is 3.85. The fraction of sp³-hybridized carbons (Fsp3) is 0.469. The normalized spacial score (nSPS) is 18.5. The van der Waals surface area contributed by atoms with E-state index in [4.69, 9.17) is 5.73 Å². The number of imide groups is 1. The first-order chi connectivity index (χ1) is 31.9. The molecule has 348 valence electrons. The van der Waals surface area contributed by atoms with Crippen LogP contribution in [0.4, 0.5) is 11.5 Å². The maximum absolute atomic E-state index is 13.2. The van der Waals surface area contributed by atoms with Crippen LogP contribution < -0.4 is 26.6 Å². The van der Waals surface area contributed by atoms with E-state index < -0.39 is 11.9 Å². The summed E-state index contributed by atoms with van der Waals surface area (Å²) in [5.41, 5.74) is 11.6. The third-order valence-electron chi connectivity index (χ3n) is 13.1. The predicted octanol–water partition coefficient (Wildman–Crippen LogP) is 5.83. The van der Waals surface area contributed by atoms with Crippen molar-refractivity contribution in [2.45, 2.75) is 119 Å². The van der Waals surface area contributed by atoms with Gasteiger partial charge in [-0.1, -0.05) is 61.7 Å². The fourth-order valence-electron chi connectivity index (χ4n) is 9.12. The van der Waals surface area contributed by atoms with Crippen molar-refractivity contribution in [3.63, 3.8) is 0 Å².